The molecule has 0 N–H and O–H groups in total. The molecule has 4 aliphatic rings. The quantitative estimate of drug-likeness (QED) is 0.289. The SMILES string of the molecule is [C-]1=CC=CC1.[C-]1=CC=CC1.[C-]1=CC=CC1.[C-]1=CC=CC1.[Cl-].[Cl-].[Pt+2].[Pt+2]. The predicted octanol–water partition coefficient (Wildman–Crippen LogP) is -0.774. The van der Waals surface area contributed by atoms with Gasteiger partial charge in [0, 0.05) is 0 Å². The van der Waals surface area contributed by atoms with Crippen LogP contribution in [0.4, 0.5) is 0 Å². The molecule has 24 heavy (non-hydrogen) atoms. The van der Waals surface area contributed by atoms with E-state index in [1.165, 1.54) is 0 Å². The molecule has 0 radical (unpaired) electrons. The van der Waals surface area contributed by atoms with Crippen LogP contribution in [0.1, 0.15) is 25.7 Å². The Kier molecular flexibility index (Phi) is 36.5. The summed E-state index contributed by atoms with van der Waals surface area (Å²) in [6, 6.07) is 0. The summed E-state index contributed by atoms with van der Waals surface area (Å²) in [5.41, 5.74) is 0. The van der Waals surface area contributed by atoms with Gasteiger partial charge in [-0.1, -0.05) is 0 Å². The molecule has 0 unspecified atom stereocenters. The Morgan fingerprint density at radius 2 is 0.625 bits per heavy atom. The van der Waals surface area contributed by atoms with Crippen LogP contribution in [-0.4, -0.2) is 0 Å². The summed E-state index contributed by atoms with van der Waals surface area (Å²) >= 11 is 0. The van der Waals surface area contributed by atoms with Gasteiger partial charge in [0.25, 0.3) is 0 Å². The standard InChI is InChI=1S/4C5H5.2ClH.2Pt/c4*1-2-4-5-3-1;;;;/h4*1-3H,4H2;2*1H;;/q4*-1;;;2*+2/p-2. The zero-order valence-corrected chi connectivity index (χ0v) is 19.2. The number of hydrogen-bond donors (Lipinski definition) is 0. The molecule has 4 heteroatoms. The van der Waals surface area contributed by atoms with E-state index in [2.05, 4.69) is 48.6 Å². The first-order chi connectivity index (χ1) is 10.0. The van der Waals surface area contributed by atoms with Crippen LogP contribution >= 0.6 is 0 Å². The van der Waals surface area contributed by atoms with E-state index in [0.29, 0.717) is 0 Å². The smallest absolute Gasteiger partial charge is 1.00 e. The Morgan fingerprint density at radius 3 is 0.667 bits per heavy atom. The van der Waals surface area contributed by atoms with Crippen LogP contribution in [0.5, 0.6) is 0 Å². The van der Waals surface area contributed by atoms with Crippen molar-refractivity contribution in [1.82, 2.24) is 0 Å². The summed E-state index contributed by atoms with van der Waals surface area (Å²) in [4.78, 5) is 0. The van der Waals surface area contributed by atoms with Crippen molar-refractivity contribution >= 4 is 0 Å². The van der Waals surface area contributed by atoms with E-state index in [0.717, 1.165) is 25.7 Å². The van der Waals surface area contributed by atoms with Crippen LogP contribution in [0.3, 0.4) is 0 Å². The van der Waals surface area contributed by atoms with Crippen LogP contribution in [0.25, 0.3) is 0 Å². The van der Waals surface area contributed by atoms with E-state index in [1.54, 1.807) is 0 Å². The molecule has 4 aliphatic carbocycles. The summed E-state index contributed by atoms with van der Waals surface area (Å²) in [7, 11) is 0. The van der Waals surface area contributed by atoms with Crippen molar-refractivity contribution in [3.63, 3.8) is 0 Å². The van der Waals surface area contributed by atoms with Crippen molar-refractivity contribution in [3.8, 4) is 0 Å². The molecule has 136 valence electrons. The van der Waals surface area contributed by atoms with Crippen molar-refractivity contribution in [3.05, 3.63) is 97.2 Å². The number of halogens is 2. The molecule has 0 aromatic rings. The van der Waals surface area contributed by atoms with Gasteiger partial charge < -0.3 is 24.8 Å². The predicted molar refractivity (Wildman–Crippen MR) is 86.3 cm³/mol. The zero-order valence-electron chi connectivity index (χ0n) is 13.1. The third-order valence-electron chi connectivity index (χ3n) is 2.34. The first kappa shape index (κ1) is 31.6. The van der Waals surface area contributed by atoms with Crippen LogP contribution in [-0.2, 0) is 42.1 Å². The zero-order chi connectivity index (χ0) is 14.1. The maximum atomic E-state index is 2.99. The molecule has 0 spiro atoms. The van der Waals surface area contributed by atoms with E-state index in [-0.39, 0.29) is 66.9 Å². The van der Waals surface area contributed by atoms with Crippen LogP contribution in [0, 0.1) is 24.3 Å². The molecule has 0 nitrogen and oxygen atoms in total. The molecule has 0 heterocycles. The second kappa shape index (κ2) is 27.7. The first-order valence-corrected chi connectivity index (χ1v) is 6.87. The van der Waals surface area contributed by atoms with Gasteiger partial charge >= 0.3 is 42.1 Å². The van der Waals surface area contributed by atoms with E-state index in [1.807, 2.05) is 48.6 Å². The average Bonchev–Trinajstić information content (AvgIpc) is 3.40. The van der Waals surface area contributed by atoms with Gasteiger partial charge in [-0.15, -0.1) is 25.7 Å². The van der Waals surface area contributed by atoms with E-state index < -0.39 is 0 Å². The molecule has 0 fully saturated rings. The number of hydrogen-bond acceptors (Lipinski definition) is 0. The van der Waals surface area contributed by atoms with Gasteiger partial charge in [-0.25, -0.2) is 48.6 Å². The van der Waals surface area contributed by atoms with Crippen molar-refractivity contribution < 1.29 is 66.9 Å². The largest absolute Gasteiger partial charge is 2.00 e. The fourth-order valence-corrected chi connectivity index (χ4v) is 1.36. The molecule has 0 saturated heterocycles. The number of allylic oxidation sites excluding steroid dienone is 16. The van der Waals surface area contributed by atoms with E-state index >= 15 is 0 Å². The number of rotatable bonds is 0. The minimum atomic E-state index is 0. The molecular weight excluding hydrogens is 701 g/mol. The maximum absolute atomic E-state index is 2.99. The van der Waals surface area contributed by atoms with Gasteiger partial charge in [-0.05, 0) is 0 Å². The minimum Gasteiger partial charge on any atom is -1.00 e. The van der Waals surface area contributed by atoms with Gasteiger partial charge in [0.15, 0.2) is 0 Å². The summed E-state index contributed by atoms with van der Waals surface area (Å²) in [6.07, 6.45) is 40.0. The molecule has 0 bridgehead atoms. The van der Waals surface area contributed by atoms with Crippen molar-refractivity contribution in [1.29, 1.82) is 0 Å². The van der Waals surface area contributed by atoms with Crippen LogP contribution < -0.4 is 24.8 Å². The molecule has 0 aliphatic heterocycles. The molecule has 4 rings (SSSR count). The molecule has 0 aromatic carbocycles. The molecule has 0 saturated carbocycles. The second-order valence-corrected chi connectivity index (χ2v) is 4.01. The Morgan fingerprint density at radius 1 is 0.417 bits per heavy atom. The minimum absolute atomic E-state index is 0. The van der Waals surface area contributed by atoms with Crippen LogP contribution in [0.2, 0.25) is 0 Å². The third-order valence-corrected chi connectivity index (χ3v) is 2.34. The van der Waals surface area contributed by atoms with Gasteiger partial charge in [-0.2, -0.15) is 24.3 Å². The van der Waals surface area contributed by atoms with Gasteiger partial charge in [-0.3, -0.25) is 24.3 Å². The topological polar surface area (TPSA) is 0 Å². The van der Waals surface area contributed by atoms with E-state index in [4.69, 9.17) is 0 Å². The normalized spacial score (nSPS) is 14.7. The van der Waals surface area contributed by atoms with Gasteiger partial charge in [0.2, 0.25) is 0 Å². The third kappa shape index (κ3) is 24.1. The Balaban J connectivity index is -0.000000105. The molecular formula is C20H20Cl2Pt2-2. The fraction of sp³-hybridized carbons (Fsp3) is 0.200. The maximum Gasteiger partial charge on any atom is 2.00 e. The van der Waals surface area contributed by atoms with Crippen molar-refractivity contribution in [2.24, 2.45) is 0 Å². The second-order valence-electron chi connectivity index (χ2n) is 4.01. The first-order valence-electron chi connectivity index (χ1n) is 6.87. The Labute approximate surface area is 188 Å². The summed E-state index contributed by atoms with van der Waals surface area (Å²) in [5, 5.41) is 0. The Hall–Kier alpha value is -0.123. The van der Waals surface area contributed by atoms with Crippen molar-refractivity contribution in [2.45, 2.75) is 25.7 Å². The summed E-state index contributed by atoms with van der Waals surface area (Å²) in [6.45, 7) is 0. The fourth-order valence-electron chi connectivity index (χ4n) is 1.36. The van der Waals surface area contributed by atoms with E-state index in [9.17, 15) is 0 Å². The molecule has 0 atom stereocenters. The molecule has 0 aromatic heterocycles. The van der Waals surface area contributed by atoms with Crippen molar-refractivity contribution in [2.75, 3.05) is 0 Å². The van der Waals surface area contributed by atoms with Crippen LogP contribution in [0.15, 0.2) is 72.9 Å². The average molecular weight is 721 g/mol. The Bertz CT molecular complexity index is 340. The summed E-state index contributed by atoms with van der Waals surface area (Å²) < 4.78 is 0. The monoisotopic (exact) mass is 720 g/mol. The van der Waals surface area contributed by atoms with Gasteiger partial charge in [0.05, 0.1) is 0 Å². The molecule has 0 amide bonds. The van der Waals surface area contributed by atoms with Gasteiger partial charge in [0.1, 0.15) is 0 Å². The summed E-state index contributed by atoms with van der Waals surface area (Å²) in [5.74, 6) is 0.